The van der Waals surface area contributed by atoms with Gasteiger partial charge in [-0.2, -0.15) is 0 Å². The molecule has 1 unspecified atom stereocenters. The number of carbonyl (C=O) groups is 1. The van der Waals surface area contributed by atoms with E-state index in [-0.39, 0.29) is 11.9 Å². The fraction of sp³-hybridized carbons (Fsp3) is 0.211. The predicted octanol–water partition coefficient (Wildman–Crippen LogP) is 4.16. The Hall–Kier alpha value is -2.55. The third-order valence-electron chi connectivity index (χ3n) is 3.86. The van der Waals surface area contributed by atoms with Crippen molar-refractivity contribution in [3.63, 3.8) is 0 Å². The van der Waals surface area contributed by atoms with Crippen LogP contribution in [0.3, 0.4) is 0 Å². The van der Waals surface area contributed by atoms with Gasteiger partial charge >= 0.3 is 0 Å². The molecule has 1 aromatic heterocycles. The Morgan fingerprint density at radius 1 is 1.14 bits per heavy atom. The van der Waals surface area contributed by atoms with Crippen LogP contribution in [-0.4, -0.2) is 5.91 Å². The maximum absolute atomic E-state index is 12.2. The third kappa shape index (κ3) is 3.03. The molecule has 112 valence electrons. The molecular weight excluding hydrogens is 274 g/mol. The van der Waals surface area contributed by atoms with Gasteiger partial charge in [-0.3, -0.25) is 4.79 Å². The molecule has 0 saturated heterocycles. The first kappa shape index (κ1) is 14.4. The summed E-state index contributed by atoms with van der Waals surface area (Å²) >= 11 is 0. The van der Waals surface area contributed by atoms with Crippen LogP contribution in [0.25, 0.3) is 11.0 Å². The third-order valence-corrected chi connectivity index (χ3v) is 3.86. The summed E-state index contributed by atoms with van der Waals surface area (Å²) in [6.45, 7) is 3.96. The van der Waals surface area contributed by atoms with Crippen LogP contribution in [0.2, 0.25) is 0 Å². The number of hydrogen-bond donors (Lipinski definition) is 1. The molecule has 2 aromatic carbocycles. The van der Waals surface area contributed by atoms with Crippen LogP contribution in [-0.2, 0) is 11.2 Å². The number of para-hydroxylation sites is 1. The largest absolute Gasteiger partial charge is 0.459 e. The second-order valence-electron chi connectivity index (χ2n) is 5.58. The van der Waals surface area contributed by atoms with Gasteiger partial charge in [0.25, 0.3) is 0 Å². The molecule has 22 heavy (non-hydrogen) atoms. The minimum atomic E-state index is -0.149. The van der Waals surface area contributed by atoms with Gasteiger partial charge in [0, 0.05) is 5.39 Å². The number of benzene rings is 2. The van der Waals surface area contributed by atoms with Crippen LogP contribution in [0.15, 0.2) is 59.0 Å². The first-order chi connectivity index (χ1) is 10.6. The average Bonchev–Trinajstić information content (AvgIpc) is 2.93. The van der Waals surface area contributed by atoms with Crippen molar-refractivity contribution in [2.45, 2.75) is 26.3 Å². The molecule has 3 heteroatoms. The molecule has 1 atom stereocenters. The Bertz CT molecular complexity index is 771. The number of fused-ring (bicyclic) bond motifs is 1. The highest BCUT2D eigenvalue weighted by molar-refractivity contribution is 5.80. The van der Waals surface area contributed by atoms with Crippen molar-refractivity contribution >= 4 is 16.9 Å². The summed E-state index contributed by atoms with van der Waals surface area (Å²) in [5, 5.41) is 4.05. The smallest absolute Gasteiger partial charge is 0.225 e. The van der Waals surface area contributed by atoms with Gasteiger partial charge in [-0.25, -0.2) is 0 Å². The first-order valence-corrected chi connectivity index (χ1v) is 7.46. The van der Waals surface area contributed by atoms with Crippen molar-refractivity contribution < 1.29 is 9.21 Å². The van der Waals surface area contributed by atoms with Crippen LogP contribution in [0, 0.1) is 6.92 Å². The van der Waals surface area contributed by atoms with E-state index in [1.165, 1.54) is 0 Å². The lowest BCUT2D eigenvalue weighted by Gasteiger charge is -2.12. The molecule has 3 nitrogen and oxygen atoms in total. The molecule has 0 fully saturated rings. The molecule has 3 rings (SSSR count). The SMILES string of the molecule is Cc1ccccc1CC(=O)NC(C)c1cc2ccccc2o1. The molecule has 1 heterocycles. The molecule has 0 aliphatic heterocycles. The highest BCUT2D eigenvalue weighted by atomic mass is 16.3. The number of rotatable bonds is 4. The topological polar surface area (TPSA) is 42.2 Å². The summed E-state index contributed by atoms with van der Waals surface area (Å²) in [5.41, 5.74) is 3.03. The number of nitrogens with one attached hydrogen (secondary N) is 1. The van der Waals surface area contributed by atoms with Crippen LogP contribution >= 0.6 is 0 Å². The van der Waals surface area contributed by atoms with Gasteiger partial charge in [0.15, 0.2) is 0 Å². The Labute approximate surface area is 130 Å². The molecule has 1 amide bonds. The highest BCUT2D eigenvalue weighted by Crippen LogP contribution is 2.23. The van der Waals surface area contributed by atoms with E-state index in [2.05, 4.69) is 5.32 Å². The second-order valence-corrected chi connectivity index (χ2v) is 5.58. The summed E-state index contributed by atoms with van der Waals surface area (Å²) < 4.78 is 5.79. The van der Waals surface area contributed by atoms with Crippen molar-refractivity contribution in [2.75, 3.05) is 0 Å². The lowest BCUT2D eigenvalue weighted by atomic mass is 10.1. The maximum atomic E-state index is 12.2. The Morgan fingerprint density at radius 3 is 2.64 bits per heavy atom. The van der Waals surface area contributed by atoms with Crippen molar-refractivity contribution in [3.05, 3.63) is 71.5 Å². The van der Waals surface area contributed by atoms with Gasteiger partial charge in [-0.1, -0.05) is 42.5 Å². The number of carbonyl (C=O) groups excluding carboxylic acids is 1. The van der Waals surface area contributed by atoms with Gasteiger partial charge in [0.05, 0.1) is 12.5 Å². The van der Waals surface area contributed by atoms with Gasteiger partial charge in [0.2, 0.25) is 5.91 Å². The Kier molecular flexibility index (Phi) is 3.96. The molecule has 0 aliphatic carbocycles. The average molecular weight is 293 g/mol. The first-order valence-electron chi connectivity index (χ1n) is 7.46. The zero-order chi connectivity index (χ0) is 15.5. The predicted molar refractivity (Wildman–Crippen MR) is 87.7 cm³/mol. The molecule has 0 bridgehead atoms. The zero-order valence-corrected chi connectivity index (χ0v) is 12.8. The molecular formula is C19H19NO2. The number of hydrogen-bond acceptors (Lipinski definition) is 2. The maximum Gasteiger partial charge on any atom is 0.225 e. The lowest BCUT2D eigenvalue weighted by Crippen LogP contribution is -2.28. The van der Waals surface area contributed by atoms with Crippen LogP contribution in [0.4, 0.5) is 0 Å². The van der Waals surface area contributed by atoms with E-state index >= 15 is 0 Å². The van der Waals surface area contributed by atoms with Crippen molar-refractivity contribution in [2.24, 2.45) is 0 Å². The molecule has 1 N–H and O–H groups in total. The van der Waals surface area contributed by atoms with E-state index in [1.807, 2.05) is 68.4 Å². The van der Waals surface area contributed by atoms with Crippen LogP contribution in [0.1, 0.15) is 29.9 Å². The van der Waals surface area contributed by atoms with E-state index in [0.29, 0.717) is 6.42 Å². The standard InChI is InChI=1S/C19H19NO2/c1-13-7-3-4-8-15(13)12-19(21)20-14(2)18-11-16-9-5-6-10-17(16)22-18/h3-11,14H,12H2,1-2H3,(H,20,21). The molecule has 0 radical (unpaired) electrons. The monoisotopic (exact) mass is 293 g/mol. The van der Waals surface area contributed by atoms with Crippen molar-refractivity contribution in [1.82, 2.24) is 5.32 Å². The molecule has 0 aliphatic rings. The van der Waals surface area contributed by atoms with E-state index in [1.54, 1.807) is 0 Å². The lowest BCUT2D eigenvalue weighted by molar-refractivity contribution is -0.121. The van der Waals surface area contributed by atoms with Crippen LogP contribution in [0.5, 0.6) is 0 Å². The Balaban J connectivity index is 1.69. The van der Waals surface area contributed by atoms with Crippen molar-refractivity contribution in [3.8, 4) is 0 Å². The zero-order valence-electron chi connectivity index (χ0n) is 12.8. The van der Waals surface area contributed by atoms with Crippen molar-refractivity contribution in [1.29, 1.82) is 0 Å². The van der Waals surface area contributed by atoms with E-state index < -0.39 is 0 Å². The summed E-state index contributed by atoms with van der Waals surface area (Å²) in [5.74, 6) is 0.779. The van der Waals surface area contributed by atoms with E-state index in [0.717, 1.165) is 27.9 Å². The quantitative estimate of drug-likeness (QED) is 0.784. The summed E-state index contributed by atoms with van der Waals surface area (Å²) in [4.78, 5) is 12.2. The minimum absolute atomic E-state index is 0.00209. The normalized spacial score (nSPS) is 12.3. The van der Waals surface area contributed by atoms with Gasteiger partial charge < -0.3 is 9.73 Å². The molecule has 3 aromatic rings. The Morgan fingerprint density at radius 2 is 1.86 bits per heavy atom. The van der Waals surface area contributed by atoms with E-state index in [9.17, 15) is 4.79 Å². The minimum Gasteiger partial charge on any atom is -0.459 e. The summed E-state index contributed by atoms with van der Waals surface area (Å²) in [6, 6.07) is 17.6. The summed E-state index contributed by atoms with van der Waals surface area (Å²) in [7, 11) is 0. The fourth-order valence-corrected chi connectivity index (χ4v) is 2.56. The molecule has 0 saturated carbocycles. The highest BCUT2D eigenvalue weighted by Gasteiger charge is 2.14. The van der Waals surface area contributed by atoms with E-state index in [4.69, 9.17) is 4.42 Å². The van der Waals surface area contributed by atoms with Gasteiger partial charge in [-0.05, 0) is 37.1 Å². The fourth-order valence-electron chi connectivity index (χ4n) is 2.56. The number of furan rings is 1. The number of aryl methyl sites for hydroxylation is 1. The molecule has 0 spiro atoms. The van der Waals surface area contributed by atoms with Gasteiger partial charge in [0.1, 0.15) is 11.3 Å². The second kappa shape index (κ2) is 6.06. The van der Waals surface area contributed by atoms with Crippen LogP contribution < -0.4 is 5.32 Å². The summed E-state index contributed by atoms with van der Waals surface area (Å²) in [6.07, 6.45) is 0.386. The van der Waals surface area contributed by atoms with Gasteiger partial charge in [-0.15, -0.1) is 0 Å². The number of amides is 1.